The number of hydrogen-bond acceptors (Lipinski definition) is 5. The van der Waals surface area contributed by atoms with E-state index in [9.17, 15) is 10.1 Å². The van der Waals surface area contributed by atoms with Crippen molar-refractivity contribution in [1.29, 1.82) is 5.26 Å². The number of nitrogens with zero attached hydrogens (tertiary/aromatic N) is 2. The van der Waals surface area contributed by atoms with Crippen LogP contribution in [0.5, 0.6) is 0 Å². The summed E-state index contributed by atoms with van der Waals surface area (Å²) < 4.78 is 0. The van der Waals surface area contributed by atoms with Gasteiger partial charge in [-0.3, -0.25) is 10.1 Å². The lowest BCUT2D eigenvalue weighted by molar-refractivity contribution is -0.402. The highest BCUT2D eigenvalue weighted by molar-refractivity contribution is 8.02. The van der Waals surface area contributed by atoms with E-state index in [2.05, 4.69) is 5.32 Å². The first-order valence-electron chi connectivity index (χ1n) is 4.32. The molecule has 0 unspecified atom stereocenters. The third-order valence-electron chi connectivity index (χ3n) is 1.72. The van der Waals surface area contributed by atoms with Crippen molar-refractivity contribution in [2.45, 2.75) is 0 Å². The Bertz CT molecular complexity index is 448. The molecule has 1 N–H and O–H groups in total. The molecule has 0 heterocycles. The summed E-state index contributed by atoms with van der Waals surface area (Å²) in [5, 5.41) is 22.2. The van der Waals surface area contributed by atoms with Crippen LogP contribution in [0.25, 0.3) is 0 Å². The zero-order chi connectivity index (χ0) is 12.0. The van der Waals surface area contributed by atoms with E-state index in [1.54, 1.807) is 30.5 Å². The number of nitriles is 1. The normalized spacial score (nSPS) is 10.6. The maximum atomic E-state index is 10.3. The van der Waals surface area contributed by atoms with Crippen LogP contribution in [0, 0.1) is 21.4 Å². The second-order valence-electron chi connectivity index (χ2n) is 2.80. The van der Waals surface area contributed by atoms with Crippen LogP contribution in [0.4, 0.5) is 5.69 Å². The molecular weight excluding hydrogens is 226 g/mol. The Morgan fingerprint density at radius 3 is 2.62 bits per heavy atom. The van der Waals surface area contributed by atoms with Gasteiger partial charge in [0.05, 0.1) is 16.6 Å². The maximum Gasteiger partial charge on any atom is 0.264 e. The molecule has 0 bridgehead atoms. The largest absolute Gasteiger partial charge is 0.345 e. The first kappa shape index (κ1) is 12.1. The number of hydrogen-bond donors (Lipinski definition) is 1. The molecule has 0 aromatic heterocycles. The van der Waals surface area contributed by atoms with Gasteiger partial charge in [-0.1, -0.05) is 0 Å². The molecule has 0 atom stereocenters. The van der Waals surface area contributed by atoms with E-state index in [4.69, 9.17) is 5.26 Å². The molecule has 5 nitrogen and oxygen atoms in total. The van der Waals surface area contributed by atoms with Gasteiger partial charge in [0.15, 0.2) is 0 Å². The number of rotatable bonds is 4. The minimum absolute atomic E-state index is 0.440. The molecule has 6 heteroatoms. The summed E-state index contributed by atoms with van der Waals surface area (Å²) in [6.07, 6.45) is 2.65. The van der Waals surface area contributed by atoms with Gasteiger partial charge in [-0.15, -0.1) is 11.8 Å². The summed E-state index contributed by atoms with van der Waals surface area (Å²) in [6, 6.07) is 8.68. The summed E-state index contributed by atoms with van der Waals surface area (Å²) in [5.41, 5.74) is 1.26. The third-order valence-corrected chi connectivity index (χ3v) is 2.37. The lowest BCUT2D eigenvalue weighted by atomic mass is 10.2. The lowest BCUT2D eigenvalue weighted by Gasteiger charge is -2.05. The highest BCUT2D eigenvalue weighted by Crippen LogP contribution is 2.17. The average molecular weight is 235 g/mol. The van der Waals surface area contributed by atoms with Crippen molar-refractivity contribution in [2.75, 3.05) is 11.6 Å². The Hall–Kier alpha value is -2.00. The van der Waals surface area contributed by atoms with E-state index in [0.717, 1.165) is 6.20 Å². The first-order valence-corrected chi connectivity index (χ1v) is 5.54. The van der Waals surface area contributed by atoms with Gasteiger partial charge < -0.3 is 5.32 Å². The van der Waals surface area contributed by atoms with Crippen LogP contribution in [0.1, 0.15) is 5.56 Å². The molecule has 0 amide bonds. The van der Waals surface area contributed by atoms with Crippen LogP contribution in [-0.2, 0) is 0 Å². The topological polar surface area (TPSA) is 79.0 Å². The molecule has 0 saturated carbocycles. The molecule has 82 valence electrons. The van der Waals surface area contributed by atoms with Crippen molar-refractivity contribution in [3.05, 3.63) is 51.2 Å². The van der Waals surface area contributed by atoms with Gasteiger partial charge in [0, 0.05) is 5.69 Å². The summed E-state index contributed by atoms with van der Waals surface area (Å²) in [6.45, 7) is 0. The molecule has 0 aliphatic heterocycles. The predicted molar refractivity (Wildman–Crippen MR) is 63.4 cm³/mol. The van der Waals surface area contributed by atoms with Gasteiger partial charge >= 0.3 is 0 Å². The van der Waals surface area contributed by atoms with Crippen molar-refractivity contribution in [3.8, 4) is 6.07 Å². The standard InChI is InChI=1S/C10H9N3O2S/c1-16-10(7-13(14)15)12-9-4-2-8(6-11)3-5-9/h2-5,7,12H,1H3. The number of nitro groups is 1. The van der Waals surface area contributed by atoms with Crippen LogP contribution in [0.2, 0.25) is 0 Å². The van der Waals surface area contributed by atoms with Crippen molar-refractivity contribution in [1.82, 2.24) is 0 Å². The van der Waals surface area contributed by atoms with Crippen LogP contribution in [0.15, 0.2) is 35.5 Å². The fraction of sp³-hybridized carbons (Fsp3) is 0.100. The van der Waals surface area contributed by atoms with E-state index in [-0.39, 0.29) is 0 Å². The summed E-state index contributed by atoms with van der Waals surface area (Å²) in [5.74, 6) is 0. The molecule has 0 aliphatic rings. The average Bonchev–Trinajstić information content (AvgIpc) is 2.28. The third kappa shape index (κ3) is 3.63. The molecule has 0 saturated heterocycles. The summed E-state index contributed by atoms with van der Waals surface area (Å²) >= 11 is 1.25. The second-order valence-corrected chi connectivity index (χ2v) is 3.65. The van der Waals surface area contributed by atoms with Gasteiger partial charge in [0.1, 0.15) is 5.03 Å². The zero-order valence-corrected chi connectivity index (χ0v) is 9.32. The van der Waals surface area contributed by atoms with Crippen LogP contribution < -0.4 is 5.32 Å². The second kappa shape index (κ2) is 5.78. The number of thioether (sulfide) groups is 1. The van der Waals surface area contributed by atoms with Gasteiger partial charge in [-0.05, 0) is 30.5 Å². The summed E-state index contributed by atoms with van der Waals surface area (Å²) in [7, 11) is 0. The smallest absolute Gasteiger partial charge is 0.264 e. The number of nitrogens with one attached hydrogen (secondary N) is 1. The molecule has 0 aliphatic carbocycles. The number of benzene rings is 1. The lowest BCUT2D eigenvalue weighted by Crippen LogP contribution is -1.98. The highest BCUT2D eigenvalue weighted by atomic mass is 32.2. The first-order chi connectivity index (χ1) is 7.65. The Balaban J connectivity index is 2.79. The molecule has 1 rings (SSSR count). The molecule has 0 fully saturated rings. The summed E-state index contributed by atoms with van der Waals surface area (Å²) in [4.78, 5) is 9.78. The monoisotopic (exact) mass is 235 g/mol. The van der Waals surface area contributed by atoms with Crippen LogP contribution >= 0.6 is 11.8 Å². The molecule has 0 spiro atoms. The molecular formula is C10H9N3O2S. The maximum absolute atomic E-state index is 10.3. The quantitative estimate of drug-likeness (QED) is 0.640. The van der Waals surface area contributed by atoms with Crippen molar-refractivity contribution in [3.63, 3.8) is 0 Å². The van der Waals surface area contributed by atoms with E-state index in [1.165, 1.54) is 11.8 Å². The molecule has 1 aromatic rings. The minimum Gasteiger partial charge on any atom is -0.345 e. The van der Waals surface area contributed by atoms with Crippen LogP contribution in [0.3, 0.4) is 0 Å². The highest BCUT2D eigenvalue weighted by Gasteiger charge is 2.01. The number of anilines is 1. The van der Waals surface area contributed by atoms with Gasteiger partial charge in [-0.25, -0.2) is 0 Å². The molecule has 16 heavy (non-hydrogen) atoms. The molecule has 1 aromatic carbocycles. The molecule has 0 radical (unpaired) electrons. The van der Waals surface area contributed by atoms with Gasteiger partial charge in [-0.2, -0.15) is 5.26 Å². The van der Waals surface area contributed by atoms with Crippen molar-refractivity contribution >= 4 is 17.4 Å². The Labute approximate surface area is 96.9 Å². The Morgan fingerprint density at radius 1 is 1.56 bits per heavy atom. The van der Waals surface area contributed by atoms with E-state index < -0.39 is 4.92 Å². The SMILES string of the molecule is CSC(=C[N+](=O)[O-])Nc1ccc(C#N)cc1. The fourth-order valence-electron chi connectivity index (χ4n) is 1.00. The van der Waals surface area contributed by atoms with E-state index in [1.807, 2.05) is 6.07 Å². The Morgan fingerprint density at radius 2 is 2.19 bits per heavy atom. The van der Waals surface area contributed by atoms with Gasteiger partial charge in [0.2, 0.25) is 0 Å². The van der Waals surface area contributed by atoms with Crippen LogP contribution in [-0.4, -0.2) is 11.2 Å². The zero-order valence-electron chi connectivity index (χ0n) is 8.51. The predicted octanol–water partition coefficient (Wildman–Crippen LogP) is 2.41. The van der Waals surface area contributed by atoms with Gasteiger partial charge in [0.25, 0.3) is 6.20 Å². The van der Waals surface area contributed by atoms with E-state index >= 15 is 0 Å². The van der Waals surface area contributed by atoms with Crippen molar-refractivity contribution in [2.24, 2.45) is 0 Å². The Kier molecular flexibility index (Phi) is 4.36. The minimum atomic E-state index is -0.511. The van der Waals surface area contributed by atoms with E-state index in [0.29, 0.717) is 16.3 Å². The fourth-order valence-corrected chi connectivity index (χ4v) is 1.41. The van der Waals surface area contributed by atoms with Crippen molar-refractivity contribution < 1.29 is 4.92 Å².